The minimum Gasteiger partial charge on any atom is -0.469 e. The molecule has 1 unspecified atom stereocenters. The van der Waals surface area contributed by atoms with E-state index in [-0.39, 0.29) is 23.8 Å². The maximum Gasteiger partial charge on any atom is 0.310 e. The molecular formula is C10H16N4O4S. The number of hydrogen-bond donors (Lipinski definition) is 1. The molecule has 0 aromatic carbocycles. The number of carbonyl (C=O) groups excluding carboxylic acids is 1. The highest BCUT2D eigenvalue weighted by molar-refractivity contribution is 7.89. The van der Waals surface area contributed by atoms with Gasteiger partial charge in [-0.25, -0.2) is 8.42 Å². The lowest BCUT2D eigenvalue weighted by Crippen LogP contribution is -2.30. The van der Waals surface area contributed by atoms with Crippen molar-refractivity contribution in [2.24, 2.45) is 13.0 Å². The average Bonchev–Trinajstić information content (AvgIpc) is 2.95. The van der Waals surface area contributed by atoms with Crippen LogP contribution in [0.25, 0.3) is 0 Å². The van der Waals surface area contributed by atoms with Crippen LogP contribution in [0.4, 0.5) is 5.82 Å². The fraction of sp³-hybridized carbons (Fsp3) is 0.600. The SMILES string of the molecule is COC(=O)C1CCN(S(=O)(=O)c2cn(C)nc2N)C1. The van der Waals surface area contributed by atoms with E-state index in [1.54, 1.807) is 7.05 Å². The Balaban J connectivity index is 2.23. The second-order valence-corrected chi connectivity index (χ2v) is 6.33. The molecule has 106 valence electrons. The lowest BCUT2D eigenvalue weighted by atomic mass is 10.1. The van der Waals surface area contributed by atoms with Crippen molar-refractivity contribution in [2.75, 3.05) is 25.9 Å². The van der Waals surface area contributed by atoms with E-state index in [1.165, 1.54) is 22.3 Å². The summed E-state index contributed by atoms with van der Waals surface area (Å²) in [5.41, 5.74) is 5.59. The van der Waals surface area contributed by atoms with Gasteiger partial charge in [0, 0.05) is 26.3 Å². The van der Waals surface area contributed by atoms with E-state index in [0.29, 0.717) is 6.42 Å². The van der Waals surface area contributed by atoms with Crippen LogP contribution in [0, 0.1) is 5.92 Å². The number of aromatic nitrogens is 2. The molecule has 1 aromatic heterocycles. The predicted molar refractivity (Wildman–Crippen MR) is 66.5 cm³/mol. The van der Waals surface area contributed by atoms with Crippen LogP contribution in [0.3, 0.4) is 0 Å². The molecule has 2 rings (SSSR count). The van der Waals surface area contributed by atoms with Crippen LogP contribution in [0.5, 0.6) is 0 Å². The number of anilines is 1. The predicted octanol–water partition coefficient (Wildman–Crippen LogP) is -0.814. The Labute approximate surface area is 111 Å². The number of hydrogen-bond acceptors (Lipinski definition) is 6. The number of sulfonamides is 1. The standard InChI is InChI=1S/C10H16N4O4S/c1-13-6-8(9(11)12-13)19(16,17)14-4-3-7(5-14)10(15)18-2/h6-7H,3-5H2,1-2H3,(H2,11,12). The van der Waals surface area contributed by atoms with E-state index >= 15 is 0 Å². The Morgan fingerprint density at radius 1 is 1.58 bits per heavy atom. The summed E-state index contributed by atoms with van der Waals surface area (Å²) in [7, 11) is -0.822. The van der Waals surface area contributed by atoms with Gasteiger partial charge in [0.05, 0.1) is 13.0 Å². The van der Waals surface area contributed by atoms with Crippen molar-refractivity contribution in [3.05, 3.63) is 6.20 Å². The summed E-state index contributed by atoms with van der Waals surface area (Å²) in [6.45, 7) is 0.389. The van der Waals surface area contributed by atoms with Crippen LogP contribution in [-0.2, 0) is 26.6 Å². The van der Waals surface area contributed by atoms with Crippen LogP contribution in [-0.4, -0.2) is 48.7 Å². The number of carbonyl (C=O) groups is 1. The summed E-state index contributed by atoms with van der Waals surface area (Å²) >= 11 is 0. The molecule has 0 saturated carbocycles. The number of ether oxygens (including phenoxy) is 1. The van der Waals surface area contributed by atoms with Crippen LogP contribution in [0.15, 0.2) is 11.1 Å². The maximum absolute atomic E-state index is 12.4. The number of esters is 1. The minimum absolute atomic E-state index is 0.0273. The van der Waals surface area contributed by atoms with E-state index in [1.807, 2.05) is 0 Å². The summed E-state index contributed by atoms with van der Waals surface area (Å²) in [5.74, 6) is -0.849. The van der Waals surface area contributed by atoms with Gasteiger partial charge >= 0.3 is 5.97 Å². The molecule has 0 radical (unpaired) electrons. The highest BCUT2D eigenvalue weighted by atomic mass is 32.2. The highest BCUT2D eigenvalue weighted by Crippen LogP contribution is 2.27. The van der Waals surface area contributed by atoms with Crippen molar-refractivity contribution >= 4 is 21.8 Å². The van der Waals surface area contributed by atoms with E-state index in [4.69, 9.17) is 5.73 Å². The first-order chi connectivity index (χ1) is 8.86. The molecule has 8 nitrogen and oxygen atoms in total. The third-order valence-corrected chi connectivity index (χ3v) is 5.01. The van der Waals surface area contributed by atoms with E-state index in [9.17, 15) is 13.2 Å². The molecule has 0 amide bonds. The number of methoxy groups -OCH3 is 1. The lowest BCUT2D eigenvalue weighted by molar-refractivity contribution is -0.144. The number of nitrogen functional groups attached to an aromatic ring is 1. The molecule has 1 aliphatic heterocycles. The normalized spacial score (nSPS) is 20.6. The molecule has 1 atom stereocenters. The van der Waals surface area contributed by atoms with Crippen LogP contribution < -0.4 is 5.73 Å². The lowest BCUT2D eigenvalue weighted by Gasteiger charge is -2.15. The minimum atomic E-state index is -3.71. The zero-order chi connectivity index (χ0) is 14.2. The topological polar surface area (TPSA) is 108 Å². The van der Waals surface area contributed by atoms with Crippen molar-refractivity contribution in [2.45, 2.75) is 11.3 Å². The molecule has 9 heteroatoms. The molecule has 0 spiro atoms. The first-order valence-electron chi connectivity index (χ1n) is 5.73. The van der Waals surface area contributed by atoms with Gasteiger partial charge in [0.25, 0.3) is 0 Å². The van der Waals surface area contributed by atoms with Gasteiger partial charge in [0.1, 0.15) is 4.90 Å². The Hall–Kier alpha value is -1.61. The summed E-state index contributed by atoms with van der Waals surface area (Å²) in [4.78, 5) is 11.4. The van der Waals surface area contributed by atoms with E-state index in [2.05, 4.69) is 9.84 Å². The van der Waals surface area contributed by atoms with Gasteiger partial charge in [-0.2, -0.15) is 9.40 Å². The van der Waals surface area contributed by atoms with Crippen molar-refractivity contribution in [1.82, 2.24) is 14.1 Å². The van der Waals surface area contributed by atoms with E-state index in [0.717, 1.165) is 0 Å². The quantitative estimate of drug-likeness (QED) is 0.729. The number of nitrogens with zero attached hydrogens (tertiary/aromatic N) is 3. The van der Waals surface area contributed by atoms with Gasteiger partial charge in [0.2, 0.25) is 10.0 Å². The van der Waals surface area contributed by atoms with Gasteiger partial charge in [-0.1, -0.05) is 0 Å². The van der Waals surface area contributed by atoms with Crippen LogP contribution in [0.2, 0.25) is 0 Å². The second kappa shape index (κ2) is 4.82. The van der Waals surface area contributed by atoms with Gasteiger partial charge in [-0.3, -0.25) is 9.48 Å². The first kappa shape index (κ1) is 13.8. The summed E-state index contributed by atoms with van der Waals surface area (Å²) in [6.07, 6.45) is 1.81. The first-order valence-corrected chi connectivity index (χ1v) is 7.17. The number of rotatable bonds is 3. The molecule has 0 bridgehead atoms. The van der Waals surface area contributed by atoms with Gasteiger partial charge < -0.3 is 10.5 Å². The fourth-order valence-electron chi connectivity index (χ4n) is 2.13. The second-order valence-electron chi connectivity index (χ2n) is 4.42. The summed E-state index contributed by atoms with van der Waals surface area (Å²) in [5, 5.41) is 3.82. The Morgan fingerprint density at radius 3 is 2.79 bits per heavy atom. The molecule has 2 N–H and O–H groups in total. The van der Waals surface area contributed by atoms with Gasteiger partial charge in [0.15, 0.2) is 5.82 Å². The molecule has 0 aliphatic carbocycles. The molecule has 1 saturated heterocycles. The average molecular weight is 288 g/mol. The zero-order valence-corrected chi connectivity index (χ0v) is 11.6. The Bertz CT molecular complexity index is 595. The third kappa shape index (κ3) is 2.43. The van der Waals surface area contributed by atoms with Crippen molar-refractivity contribution in [3.63, 3.8) is 0 Å². The Morgan fingerprint density at radius 2 is 2.26 bits per heavy atom. The summed E-state index contributed by atoms with van der Waals surface area (Å²) < 4.78 is 31.9. The van der Waals surface area contributed by atoms with Crippen LogP contribution >= 0.6 is 0 Å². The molecular weight excluding hydrogens is 272 g/mol. The monoisotopic (exact) mass is 288 g/mol. The summed E-state index contributed by atoms with van der Waals surface area (Å²) in [6, 6.07) is 0. The fourth-order valence-corrected chi connectivity index (χ4v) is 3.72. The van der Waals surface area contributed by atoms with Crippen LogP contribution in [0.1, 0.15) is 6.42 Å². The number of aryl methyl sites for hydroxylation is 1. The molecule has 2 heterocycles. The highest BCUT2D eigenvalue weighted by Gasteiger charge is 2.37. The smallest absolute Gasteiger partial charge is 0.310 e. The number of nitrogens with two attached hydrogens (primary N) is 1. The Kier molecular flexibility index (Phi) is 3.50. The molecule has 1 aromatic rings. The van der Waals surface area contributed by atoms with Crippen molar-refractivity contribution in [1.29, 1.82) is 0 Å². The zero-order valence-electron chi connectivity index (χ0n) is 10.7. The molecule has 1 aliphatic rings. The van der Waals surface area contributed by atoms with Crippen molar-refractivity contribution in [3.8, 4) is 0 Å². The van der Waals surface area contributed by atoms with Crippen molar-refractivity contribution < 1.29 is 17.9 Å². The largest absolute Gasteiger partial charge is 0.469 e. The molecule has 19 heavy (non-hydrogen) atoms. The van der Waals surface area contributed by atoms with E-state index < -0.39 is 21.9 Å². The molecule has 1 fully saturated rings. The van der Waals surface area contributed by atoms with Gasteiger partial charge in [-0.05, 0) is 6.42 Å². The third-order valence-electron chi connectivity index (χ3n) is 3.13. The van der Waals surface area contributed by atoms with Gasteiger partial charge in [-0.15, -0.1) is 0 Å². The maximum atomic E-state index is 12.4.